The Bertz CT molecular complexity index is 423. The molecule has 4 heteroatoms. The zero-order valence-electron chi connectivity index (χ0n) is 11.1. The molecule has 19 heavy (non-hydrogen) atoms. The van der Waals surface area contributed by atoms with Gasteiger partial charge in [0.15, 0.2) is 0 Å². The van der Waals surface area contributed by atoms with Gasteiger partial charge in [-0.15, -0.1) is 0 Å². The minimum Gasteiger partial charge on any atom is -0.493 e. The van der Waals surface area contributed by atoms with Crippen molar-refractivity contribution >= 4 is 15.9 Å². The molecule has 0 bridgehead atoms. The van der Waals surface area contributed by atoms with Crippen molar-refractivity contribution in [2.75, 3.05) is 6.61 Å². The molecule has 1 aliphatic carbocycles. The fourth-order valence-corrected chi connectivity index (χ4v) is 2.89. The first-order valence-electron chi connectivity index (χ1n) is 6.77. The average molecular weight is 333 g/mol. The smallest absolute Gasteiger partial charge is 0.274 e. The highest BCUT2D eigenvalue weighted by Crippen LogP contribution is 2.37. The third-order valence-corrected chi connectivity index (χ3v) is 4.11. The van der Waals surface area contributed by atoms with Crippen molar-refractivity contribution in [3.63, 3.8) is 0 Å². The third kappa shape index (κ3) is 4.16. The van der Waals surface area contributed by atoms with Gasteiger partial charge in [0.25, 0.3) is 5.92 Å². The van der Waals surface area contributed by atoms with E-state index in [1.54, 1.807) is 12.1 Å². The van der Waals surface area contributed by atoms with E-state index in [0.717, 1.165) is 19.8 Å². The second-order valence-electron chi connectivity index (χ2n) is 5.34. The van der Waals surface area contributed by atoms with E-state index in [9.17, 15) is 8.78 Å². The molecule has 0 heterocycles. The van der Waals surface area contributed by atoms with Gasteiger partial charge in [0.1, 0.15) is 5.75 Å². The number of hydrogen-bond donors (Lipinski definition) is 0. The fraction of sp³-hybridized carbons (Fsp3) is 0.600. The Morgan fingerprint density at radius 1 is 1.26 bits per heavy atom. The van der Waals surface area contributed by atoms with E-state index in [0.29, 0.717) is 22.7 Å². The molecule has 1 fully saturated rings. The Morgan fingerprint density at radius 3 is 2.58 bits per heavy atom. The fourth-order valence-electron chi connectivity index (χ4n) is 2.53. The van der Waals surface area contributed by atoms with Gasteiger partial charge in [-0.3, -0.25) is 0 Å². The van der Waals surface area contributed by atoms with E-state index in [4.69, 9.17) is 4.74 Å². The second-order valence-corrected chi connectivity index (χ2v) is 6.26. The maximum absolute atomic E-state index is 13.6. The van der Waals surface area contributed by atoms with Crippen LogP contribution in [0.15, 0.2) is 22.7 Å². The maximum atomic E-state index is 13.6. The molecule has 1 aliphatic rings. The molecular formula is C15H19BrF2O. The lowest BCUT2D eigenvalue weighted by molar-refractivity contribution is 0.0138. The van der Waals surface area contributed by atoms with Crippen LogP contribution in [0.5, 0.6) is 5.75 Å². The number of rotatable bonds is 4. The summed E-state index contributed by atoms with van der Waals surface area (Å²) in [6.45, 7) is 1.45. The number of halogens is 3. The lowest BCUT2D eigenvalue weighted by Crippen LogP contribution is -2.17. The highest BCUT2D eigenvalue weighted by Gasteiger charge is 2.29. The van der Waals surface area contributed by atoms with Crippen LogP contribution in [-0.2, 0) is 5.92 Å². The number of benzene rings is 1. The summed E-state index contributed by atoms with van der Waals surface area (Å²) in [6.07, 6.45) is 6.03. The largest absolute Gasteiger partial charge is 0.493 e. The summed E-state index contributed by atoms with van der Waals surface area (Å²) in [5.41, 5.74) is -0.0438. The van der Waals surface area contributed by atoms with Crippen LogP contribution in [-0.4, -0.2) is 6.61 Å². The van der Waals surface area contributed by atoms with Gasteiger partial charge < -0.3 is 4.74 Å². The van der Waals surface area contributed by atoms with E-state index >= 15 is 0 Å². The van der Waals surface area contributed by atoms with Crippen molar-refractivity contribution in [1.29, 1.82) is 0 Å². The van der Waals surface area contributed by atoms with Crippen LogP contribution in [0.2, 0.25) is 0 Å². The van der Waals surface area contributed by atoms with Gasteiger partial charge in [-0.25, -0.2) is 8.78 Å². The lowest BCUT2D eigenvalue weighted by atomic mass is 9.90. The molecular weight excluding hydrogens is 314 g/mol. The topological polar surface area (TPSA) is 9.23 Å². The summed E-state index contributed by atoms with van der Waals surface area (Å²) < 4.78 is 33.4. The summed E-state index contributed by atoms with van der Waals surface area (Å²) in [6, 6.07) is 4.81. The predicted octanol–water partition coefficient (Wildman–Crippen LogP) is 5.52. The molecule has 2 rings (SSSR count). The van der Waals surface area contributed by atoms with Gasteiger partial charge in [0, 0.05) is 11.4 Å². The Morgan fingerprint density at radius 2 is 1.95 bits per heavy atom. The molecule has 1 nitrogen and oxygen atoms in total. The van der Waals surface area contributed by atoms with Gasteiger partial charge in [0.05, 0.1) is 12.2 Å². The molecule has 106 valence electrons. The molecule has 0 unspecified atom stereocenters. The Labute approximate surface area is 121 Å². The molecule has 0 aliphatic heterocycles. The SMILES string of the molecule is CC(F)(F)c1cc(Br)ccc1OCC1CCCCC1. The highest BCUT2D eigenvalue weighted by molar-refractivity contribution is 9.10. The minimum atomic E-state index is -2.88. The van der Waals surface area contributed by atoms with Gasteiger partial charge in [-0.1, -0.05) is 35.2 Å². The summed E-state index contributed by atoms with van der Waals surface area (Å²) in [5, 5.41) is 0. The molecule has 0 saturated heterocycles. The Kier molecular flexibility index (Phi) is 4.82. The Balaban J connectivity index is 2.06. The van der Waals surface area contributed by atoms with Crippen molar-refractivity contribution < 1.29 is 13.5 Å². The molecule has 0 spiro atoms. The zero-order chi connectivity index (χ0) is 13.9. The van der Waals surface area contributed by atoms with Crippen LogP contribution in [0.25, 0.3) is 0 Å². The van der Waals surface area contributed by atoms with Crippen LogP contribution < -0.4 is 4.74 Å². The Hall–Kier alpha value is -0.640. The van der Waals surface area contributed by atoms with E-state index in [2.05, 4.69) is 15.9 Å². The van der Waals surface area contributed by atoms with E-state index in [1.807, 2.05) is 0 Å². The van der Waals surface area contributed by atoms with Gasteiger partial charge in [0.2, 0.25) is 0 Å². The maximum Gasteiger partial charge on any atom is 0.274 e. The van der Waals surface area contributed by atoms with Crippen molar-refractivity contribution in [3.8, 4) is 5.75 Å². The molecule has 0 N–H and O–H groups in total. The highest BCUT2D eigenvalue weighted by atomic mass is 79.9. The van der Waals surface area contributed by atoms with Crippen LogP contribution in [0, 0.1) is 5.92 Å². The number of ether oxygens (including phenoxy) is 1. The normalized spacial score (nSPS) is 17.5. The van der Waals surface area contributed by atoms with E-state index in [1.165, 1.54) is 25.3 Å². The number of alkyl halides is 2. The van der Waals surface area contributed by atoms with Gasteiger partial charge >= 0.3 is 0 Å². The number of hydrogen-bond acceptors (Lipinski definition) is 1. The average Bonchev–Trinajstić information content (AvgIpc) is 2.37. The van der Waals surface area contributed by atoms with Crippen LogP contribution in [0.4, 0.5) is 8.78 Å². The standard InChI is InChI=1S/C15H19BrF2O/c1-15(17,18)13-9-12(16)7-8-14(13)19-10-11-5-3-2-4-6-11/h7-9,11H,2-6,10H2,1H3. The van der Waals surface area contributed by atoms with Crippen molar-refractivity contribution in [3.05, 3.63) is 28.2 Å². The molecule has 0 amide bonds. The lowest BCUT2D eigenvalue weighted by Gasteiger charge is -2.23. The summed E-state index contributed by atoms with van der Waals surface area (Å²) in [7, 11) is 0. The summed E-state index contributed by atoms with van der Waals surface area (Å²) in [5.74, 6) is -2.07. The van der Waals surface area contributed by atoms with E-state index < -0.39 is 5.92 Å². The summed E-state index contributed by atoms with van der Waals surface area (Å²) in [4.78, 5) is 0. The van der Waals surface area contributed by atoms with Crippen molar-refractivity contribution in [2.24, 2.45) is 5.92 Å². The third-order valence-electron chi connectivity index (χ3n) is 3.61. The zero-order valence-corrected chi connectivity index (χ0v) is 12.7. The molecule has 0 aromatic heterocycles. The van der Waals surface area contributed by atoms with E-state index in [-0.39, 0.29) is 5.56 Å². The minimum absolute atomic E-state index is 0.0438. The molecule has 0 atom stereocenters. The molecule has 0 radical (unpaired) electrons. The van der Waals surface area contributed by atoms with Crippen LogP contribution >= 0.6 is 15.9 Å². The first-order valence-corrected chi connectivity index (χ1v) is 7.57. The quantitative estimate of drug-likeness (QED) is 0.705. The van der Waals surface area contributed by atoms with Crippen molar-refractivity contribution in [2.45, 2.75) is 45.0 Å². The first-order chi connectivity index (χ1) is 8.97. The first kappa shape index (κ1) is 14.8. The van der Waals surface area contributed by atoms with Crippen LogP contribution in [0.1, 0.15) is 44.6 Å². The van der Waals surface area contributed by atoms with Crippen molar-refractivity contribution in [1.82, 2.24) is 0 Å². The second kappa shape index (κ2) is 6.21. The van der Waals surface area contributed by atoms with Gasteiger partial charge in [-0.2, -0.15) is 0 Å². The summed E-state index contributed by atoms with van der Waals surface area (Å²) >= 11 is 3.23. The predicted molar refractivity (Wildman–Crippen MR) is 75.8 cm³/mol. The molecule has 1 saturated carbocycles. The van der Waals surface area contributed by atoms with Crippen LogP contribution in [0.3, 0.4) is 0 Å². The molecule has 1 aromatic rings. The monoisotopic (exact) mass is 332 g/mol. The molecule has 1 aromatic carbocycles. The van der Waals surface area contributed by atoms with Gasteiger partial charge in [-0.05, 0) is 37.0 Å².